The van der Waals surface area contributed by atoms with E-state index in [-0.39, 0.29) is 4.90 Å². The van der Waals surface area contributed by atoms with Gasteiger partial charge in [0.15, 0.2) is 0 Å². The molecule has 21 heavy (non-hydrogen) atoms. The molecule has 0 aromatic heterocycles. The molecular weight excluding hydrogens is 286 g/mol. The van der Waals surface area contributed by atoms with Crippen LogP contribution >= 0.6 is 0 Å². The Balaban J connectivity index is 2.02. The van der Waals surface area contributed by atoms with Gasteiger partial charge in [0.1, 0.15) is 5.75 Å². The highest BCUT2D eigenvalue weighted by Crippen LogP contribution is 2.35. The Hall–Kier alpha value is -1.85. The van der Waals surface area contributed by atoms with E-state index in [1.54, 1.807) is 12.1 Å². The molecule has 110 valence electrons. The van der Waals surface area contributed by atoms with E-state index in [1.165, 1.54) is 18.9 Å². The predicted molar refractivity (Wildman–Crippen MR) is 81.5 cm³/mol. The quantitative estimate of drug-likeness (QED) is 0.923. The number of ether oxygens (including phenoxy) is 1. The lowest BCUT2D eigenvalue weighted by atomic mass is 10.0. The lowest BCUT2D eigenvalue weighted by molar-refractivity contribution is 0.301. The third kappa shape index (κ3) is 3.43. The minimum atomic E-state index is -3.72. The summed E-state index contributed by atoms with van der Waals surface area (Å²) < 4.78 is 28.9. The minimum absolute atomic E-state index is 0.0973. The number of hydrogen-bond acceptors (Lipinski definition) is 3. The van der Waals surface area contributed by atoms with Crippen molar-refractivity contribution in [3.63, 3.8) is 0 Å². The van der Waals surface area contributed by atoms with Crippen LogP contribution in [0.2, 0.25) is 0 Å². The molecule has 2 aromatic carbocycles. The molecule has 0 saturated heterocycles. The summed E-state index contributed by atoms with van der Waals surface area (Å²) in [5.41, 5.74) is 1.66. The van der Waals surface area contributed by atoms with Gasteiger partial charge in [0.25, 0.3) is 0 Å². The SMILES string of the molecule is NS(=O)(=O)c1ccc(OCC2CC2)c(-c2ccccc2)c1. The number of nitrogens with two attached hydrogens (primary N) is 1. The fraction of sp³-hybridized carbons (Fsp3) is 0.250. The van der Waals surface area contributed by atoms with Gasteiger partial charge >= 0.3 is 0 Å². The molecule has 0 unspecified atom stereocenters. The number of benzene rings is 2. The maximum atomic E-state index is 11.5. The molecule has 0 heterocycles. The molecule has 0 bridgehead atoms. The van der Waals surface area contributed by atoms with Crippen molar-refractivity contribution in [2.75, 3.05) is 6.61 Å². The average molecular weight is 303 g/mol. The van der Waals surface area contributed by atoms with E-state index >= 15 is 0 Å². The van der Waals surface area contributed by atoms with Crippen LogP contribution in [0.5, 0.6) is 5.75 Å². The van der Waals surface area contributed by atoms with Gasteiger partial charge < -0.3 is 4.74 Å². The lowest BCUT2D eigenvalue weighted by Crippen LogP contribution is -2.12. The van der Waals surface area contributed by atoms with Crippen LogP contribution in [0.3, 0.4) is 0 Å². The molecule has 2 aromatic rings. The van der Waals surface area contributed by atoms with Gasteiger partial charge in [-0.3, -0.25) is 0 Å². The molecule has 5 heteroatoms. The second-order valence-corrected chi connectivity index (χ2v) is 6.88. The summed E-state index contributed by atoms with van der Waals surface area (Å²) in [4.78, 5) is 0.0973. The van der Waals surface area contributed by atoms with Gasteiger partial charge in [0.2, 0.25) is 10.0 Å². The average Bonchev–Trinajstić information content (AvgIpc) is 3.29. The zero-order valence-corrected chi connectivity index (χ0v) is 12.3. The maximum Gasteiger partial charge on any atom is 0.238 e. The van der Waals surface area contributed by atoms with Gasteiger partial charge in [-0.2, -0.15) is 0 Å². The summed E-state index contributed by atoms with van der Waals surface area (Å²) in [5, 5.41) is 5.22. The minimum Gasteiger partial charge on any atom is -0.493 e. The van der Waals surface area contributed by atoms with E-state index in [1.807, 2.05) is 30.3 Å². The smallest absolute Gasteiger partial charge is 0.238 e. The van der Waals surface area contributed by atoms with Crippen LogP contribution in [-0.4, -0.2) is 15.0 Å². The molecular formula is C16H17NO3S. The van der Waals surface area contributed by atoms with Crippen molar-refractivity contribution >= 4 is 10.0 Å². The Bertz CT molecular complexity index is 737. The van der Waals surface area contributed by atoms with E-state index < -0.39 is 10.0 Å². The molecule has 1 aliphatic carbocycles. The normalized spacial score (nSPS) is 14.9. The Morgan fingerprint density at radius 3 is 2.43 bits per heavy atom. The number of rotatable bonds is 5. The fourth-order valence-electron chi connectivity index (χ4n) is 2.15. The van der Waals surface area contributed by atoms with Crippen molar-refractivity contribution in [3.05, 3.63) is 48.5 Å². The van der Waals surface area contributed by atoms with Crippen LogP contribution in [0.15, 0.2) is 53.4 Å². The van der Waals surface area contributed by atoms with E-state index in [4.69, 9.17) is 9.88 Å². The van der Waals surface area contributed by atoms with Crippen LogP contribution in [-0.2, 0) is 10.0 Å². The molecule has 3 rings (SSSR count). The molecule has 1 fully saturated rings. The summed E-state index contributed by atoms with van der Waals surface area (Å²) in [6, 6.07) is 14.3. The predicted octanol–water partition coefficient (Wildman–Crippen LogP) is 2.79. The van der Waals surface area contributed by atoms with E-state index in [0.717, 1.165) is 11.1 Å². The molecule has 4 nitrogen and oxygen atoms in total. The van der Waals surface area contributed by atoms with Gasteiger partial charge in [-0.05, 0) is 42.5 Å². The molecule has 0 spiro atoms. The Kier molecular flexibility index (Phi) is 3.69. The van der Waals surface area contributed by atoms with Crippen LogP contribution in [0.4, 0.5) is 0 Å². The first-order valence-corrected chi connectivity index (χ1v) is 8.44. The van der Waals surface area contributed by atoms with Crippen molar-refractivity contribution < 1.29 is 13.2 Å². The Labute approximate surface area is 124 Å². The fourth-order valence-corrected chi connectivity index (χ4v) is 2.69. The molecule has 0 radical (unpaired) electrons. The highest BCUT2D eigenvalue weighted by atomic mass is 32.2. The summed E-state index contributed by atoms with van der Waals surface area (Å²) in [6.07, 6.45) is 2.41. The van der Waals surface area contributed by atoms with Gasteiger partial charge in [0.05, 0.1) is 11.5 Å². The third-order valence-electron chi connectivity index (χ3n) is 3.54. The highest BCUT2D eigenvalue weighted by Gasteiger charge is 2.23. The number of primary sulfonamides is 1. The monoisotopic (exact) mass is 303 g/mol. The van der Waals surface area contributed by atoms with Gasteiger partial charge in [0, 0.05) is 5.56 Å². The summed E-state index contributed by atoms with van der Waals surface area (Å²) in [6.45, 7) is 0.675. The van der Waals surface area contributed by atoms with Crippen LogP contribution in [0.25, 0.3) is 11.1 Å². The molecule has 0 atom stereocenters. The van der Waals surface area contributed by atoms with E-state index in [2.05, 4.69) is 0 Å². The van der Waals surface area contributed by atoms with Crippen molar-refractivity contribution in [1.29, 1.82) is 0 Å². The van der Waals surface area contributed by atoms with Crippen LogP contribution < -0.4 is 9.88 Å². The topological polar surface area (TPSA) is 69.4 Å². The largest absolute Gasteiger partial charge is 0.493 e. The van der Waals surface area contributed by atoms with E-state index in [9.17, 15) is 8.42 Å². The van der Waals surface area contributed by atoms with Gasteiger partial charge in [-0.15, -0.1) is 0 Å². The van der Waals surface area contributed by atoms with Gasteiger partial charge in [-0.1, -0.05) is 30.3 Å². The summed E-state index contributed by atoms with van der Waals surface area (Å²) in [7, 11) is -3.72. The first kappa shape index (κ1) is 14.1. The highest BCUT2D eigenvalue weighted by molar-refractivity contribution is 7.89. The van der Waals surface area contributed by atoms with Crippen molar-refractivity contribution in [2.24, 2.45) is 11.1 Å². The van der Waals surface area contributed by atoms with Crippen LogP contribution in [0, 0.1) is 5.92 Å². The lowest BCUT2D eigenvalue weighted by Gasteiger charge is -2.13. The maximum absolute atomic E-state index is 11.5. The van der Waals surface area contributed by atoms with Gasteiger partial charge in [-0.25, -0.2) is 13.6 Å². The third-order valence-corrected chi connectivity index (χ3v) is 4.45. The zero-order valence-electron chi connectivity index (χ0n) is 11.5. The zero-order chi connectivity index (χ0) is 14.9. The first-order valence-electron chi connectivity index (χ1n) is 6.89. The second-order valence-electron chi connectivity index (χ2n) is 5.32. The van der Waals surface area contributed by atoms with Crippen molar-refractivity contribution in [2.45, 2.75) is 17.7 Å². The van der Waals surface area contributed by atoms with Crippen molar-refractivity contribution in [1.82, 2.24) is 0 Å². The summed E-state index contributed by atoms with van der Waals surface area (Å²) in [5.74, 6) is 1.33. The molecule has 1 saturated carbocycles. The molecule has 0 aliphatic heterocycles. The molecule has 1 aliphatic rings. The molecule has 2 N–H and O–H groups in total. The standard InChI is InChI=1S/C16H17NO3S/c17-21(18,19)14-8-9-16(20-11-12-6-7-12)15(10-14)13-4-2-1-3-5-13/h1-5,8-10,12H,6-7,11H2,(H2,17,18,19). The van der Waals surface area contributed by atoms with E-state index in [0.29, 0.717) is 18.3 Å². The first-order chi connectivity index (χ1) is 10.0. The Morgan fingerprint density at radius 1 is 1.10 bits per heavy atom. The second kappa shape index (κ2) is 5.50. The number of hydrogen-bond donors (Lipinski definition) is 1. The Morgan fingerprint density at radius 2 is 1.81 bits per heavy atom. The van der Waals surface area contributed by atoms with Crippen LogP contribution in [0.1, 0.15) is 12.8 Å². The van der Waals surface area contributed by atoms with Crippen molar-refractivity contribution in [3.8, 4) is 16.9 Å². The molecule has 0 amide bonds. The number of sulfonamides is 1. The summed E-state index contributed by atoms with van der Waals surface area (Å²) >= 11 is 0.